The van der Waals surface area contributed by atoms with Crippen LogP contribution in [-0.4, -0.2) is 4.99 Å². The molecule has 0 aromatic carbocycles. The fourth-order valence-electron chi connectivity index (χ4n) is 0.915. The van der Waals surface area contributed by atoms with Crippen molar-refractivity contribution in [3.63, 3.8) is 0 Å². The van der Waals surface area contributed by atoms with Crippen LogP contribution in [0.1, 0.15) is 6.42 Å². The highest BCUT2D eigenvalue weighted by Gasteiger charge is 2.01. The Hall–Kier alpha value is -1.40. The summed E-state index contributed by atoms with van der Waals surface area (Å²) in [5.74, 6) is 0. The van der Waals surface area contributed by atoms with E-state index in [-0.39, 0.29) is 4.99 Å². The monoisotopic (exact) mass is 176 g/mol. The number of rotatable bonds is 2. The lowest BCUT2D eigenvalue weighted by atomic mass is 10.1. The molecule has 0 heterocycles. The Labute approximate surface area is 76.7 Å². The number of thiocarbonyl (C=S) groups is 1. The summed E-state index contributed by atoms with van der Waals surface area (Å²) in [6, 6.07) is 1.95. The lowest BCUT2D eigenvalue weighted by Crippen LogP contribution is -2.09. The molecule has 1 aliphatic rings. The highest BCUT2D eigenvalue weighted by atomic mass is 32.1. The lowest BCUT2D eigenvalue weighted by Gasteiger charge is -1.94. The molecule has 0 saturated carbocycles. The summed E-state index contributed by atoms with van der Waals surface area (Å²) >= 11 is 4.69. The van der Waals surface area contributed by atoms with Gasteiger partial charge in [-0.2, -0.15) is 5.26 Å². The SMILES string of the molecule is N#C/C(=C\C1=CC=CC1)C(N)=S. The van der Waals surface area contributed by atoms with Crippen molar-refractivity contribution in [1.82, 2.24) is 0 Å². The highest BCUT2D eigenvalue weighted by molar-refractivity contribution is 7.80. The van der Waals surface area contributed by atoms with E-state index in [1.165, 1.54) is 0 Å². The molecule has 0 fully saturated rings. The van der Waals surface area contributed by atoms with Crippen LogP contribution in [0.15, 0.2) is 35.5 Å². The van der Waals surface area contributed by atoms with Crippen LogP contribution >= 0.6 is 12.2 Å². The largest absolute Gasteiger partial charge is 0.389 e. The first-order valence-corrected chi connectivity index (χ1v) is 3.92. The number of nitrogens with two attached hydrogens (primary N) is 1. The molecule has 0 saturated heterocycles. The minimum Gasteiger partial charge on any atom is -0.389 e. The fraction of sp³-hybridized carbons (Fsp3) is 0.111. The number of allylic oxidation sites excluding steroid dienone is 5. The Kier molecular flexibility index (Phi) is 2.78. The van der Waals surface area contributed by atoms with E-state index in [0.29, 0.717) is 5.57 Å². The normalized spacial score (nSPS) is 15.6. The predicted octanol–water partition coefficient (Wildman–Crippen LogP) is 1.61. The van der Waals surface area contributed by atoms with Gasteiger partial charge in [-0.3, -0.25) is 0 Å². The van der Waals surface area contributed by atoms with Crippen molar-refractivity contribution in [2.24, 2.45) is 5.73 Å². The molecule has 0 radical (unpaired) electrons. The second-order valence-corrected chi connectivity index (χ2v) is 2.85. The van der Waals surface area contributed by atoms with Gasteiger partial charge in [0, 0.05) is 0 Å². The van der Waals surface area contributed by atoms with Gasteiger partial charge in [0.2, 0.25) is 0 Å². The molecule has 2 nitrogen and oxygen atoms in total. The average Bonchev–Trinajstić information content (AvgIpc) is 2.51. The molecule has 0 unspecified atom stereocenters. The zero-order chi connectivity index (χ0) is 8.97. The van der Waals surface area contributed by atoms with Gasteiger partial charge in [0.05, 0.1) is 5.57 Å². The van der Waals surface area contributed by atoms with Crippen LogP contribution in [0.25, 0.3) is 0 Å². The van der Waals surface area contributed by atoms with Gasteiger partial charge in [0.15, 0.2) is 0 Å². The smallest absolute Gasteiger partial charge is 0.114 e. The number of nitriles is 1. The molecule has 0 spiro atoms. The van der Waals surface area contributed by atoms with Crippen LogP contribution in [0.4, 0.5) is 0 Å². The van der Waals surface area contributed by atoms with E-state index in [9.17, 15) is 0 Å². The summed E-state index contributed by atoms with van der Waals surface area (Å²) in [6.45, 7) is 0. The van der Waals surface area contributed by atoms with E-state index in [1.807, 2.05) is 24.3 Å². The van der Waals surface area contributed by atoms with E-state index in [2.05, 4.69) is 0 Å². The molecular weight excluding hydrogens is 168 g/mol. The number of hydrogen-bond donors (Lipinski definition) is 1. The van der Waals surface area contributed by atoms with Crippen LogP contribution in [-0.2, 0) is 0 Å². The molecular formula is C9H8N2S. The van der Waals surface area contributed by atoms with Crippen molar-refractivity contribution in [3.8, 4) is 6.07 Å². The fourth-order valence-corrected chi connectivity index (χ4v) is 1.02. The van der Waals surface area contributed by atoms with Gasteiger partial charge in [0.1, 0.15) is 11.1 Å². The molecule has 0 amide bonds. The summed E-state index contributed by atoms with van der Waals surface area (Å²) in [7, 11) is 0. The maximum Gasteiger partial charge on any atom is 0.114 e. The van der Waals surface area contributed by atoms with Crippen molar-refractivity contribution in [1.29, 1.82) is 5.26 Å². The third-order valence-electron chi connectivity index (χ3n) is 1.52. The van der Waals surface area contributed by atoms with Gasteiger partial charge < -0.3 is 5.73 Å². The second kappa shape index (κ2) is 3.84. The number of nitrogens with zero attached hydrogens (tertiary/aromatic N) is 1. The second-order valence-electron chi connectivity index (χ2n) is 2.41. The van der Waals surface area contributed by atoms with Gasteiger partial charge in [-0.1, -0.05) is 30.4 Å². The molecule has 1 rings (SSSR count). The first-order chi connectivity index (χ1) is 5.74. The van der Waals surface area contributed by atoms with Gasteiger partial charge in [-0.15, -0.1) is 0 Å². The van der Waals surface area contributed by atoms with Gasteiger partial charge in [-0.25, -0.2) is 0 Å². The van der Waals surface area contributed by atoms with Crippen LogP contribution in [0.3, 0.4) is 0 Å². The van der Waals surface area contributed by atoms with Crippen molar-refractivity contribution in [3.05, 3.63) is 35.5 Å². The van der Waals surface area contributed by atoms with Gasteiger partial charge in [-0.05, 0) is 18.1 Å². The standard InChI is InChI=1S/C9H8N2S/c10-6-8(9(11)12)5-7-3-1-2-4-7/h1-3,5H,4H2,(H2,11,12)/b8-5+. The summed E-state index contributed by atoms with van der Waals surface area (Å²) in [5, 5.41) is 8.62. The van der Waals surface area contributed by atoms with E-state index < -0.39 is 0 Å². The van der Waals surface area contributed by atoms with Crippen LogP contribution < -0.4 is 5.73 Å². The Morgan fingerprint density at radius 1 is 1.75 bits per heavy atom. The average molecular weight is 176 g/mol. The van der Waals surface area contributed by atoms with Crippen LogP contribution in [0.5, 0.6) is 0 Å². The third kappa shape index (κ3) is 2.04. The Bertz CT molecular complexity index is 329. The van der Waals surface area contributed by atoms with Crippen LogP contribution in [0.2, 0.25) is 0 Å². The maximum absolute atomic E-state index is 8.62. The quantitative estimate of drug-likeness (QED) is 0.395. The minimum absolute atomic E-state index is 0.158. The Balaban J connectivity index is 2.80. The number of hydrogen-bond acceptors (Lipinski definition) is 2. The maximum atomic E-state index is 8.62. The Morgan fingerprint density at radius 3 is 2.92 bits per heavy atom. The van der Waals surface area contributed by atoms with Gasteiger partial charge >= 0.3 is 0 Å². The first kappa shape index (κ1) is 8.69. The van der Waals surface area contributed by atoms with E-state index in [4.69, 9.17) is 23.2 Å². The summed E-state index contributed by atoms with van der Waals surface area (Å²) in [5.41, 5.74) is 6.76. The molecule has 0 atom stereocenters. The zero-order valence-corrected chi connectivity index (χ0v) is 7.27. The molecule has 0 aliphatic heterocycles. The van der Waals surface area contributed by atoms with E-state index in [1.54, 1.807) is 6.08 Å². The summed E-state index contributed by atoms with van der Waals surface area (Å²) in [6.07, 6.45) is 8.48. The van der Waals surface area contributed by atoms with Crippen molar-refractivity contribution in [2.75, 3.05) is 0 Å². The molecule has 0 bridgehead atoms. The molecule has 2 N–H and O–H groups in total. The van der Waals surface area contributed by atoms with Crippen molar-refractivity contribution >= 4 is 17.2 Å². The molecule has 0 aromatic rings. The van der Waals surface area contributed by atoms with Crippen molar-refractivity contribution < 1.29 is 0 Å². The van der Waals surface area contributed by atoms with E-state index >= 15 is 0 Å². The topological polar surface area (TPSA) is 49.8 Å². The Morgan fingerprint density at radius 2 is 2.50 bits per heavy atom. The molecule has 0 aromatic heterocycles. The molecule has 12 heavy (non-hydrogen) atoms. The van der Waals surface area contributed by atoms with Gasteiger partial charge in [0.25, 0.3) is 0 Å². The zero-order valence-electron chi connectivity index (χ0n) is 6.45. The first-order valence-electron chi connectivity index (χ1n) is 3.51. The molecule has 3 heteroatoms. The van der Waals surface area contributed by atoms with Crippen molar-refractivity contribution in [2.45, 2.75) is 6.42 Å². The minimum atomic E-state index is 0.158. The van der Waals surface area contributed by atoms with Crippen LogP contribution in [0, 0.1) is 11.3 Å². The molecule has 1 aliphatic carbocycles. The lowest BCUT2D eigenvalue weighted by molar-refractivity contribution is 1.33. The van der Waals surface area contributed by atoms with E-state index in [0.717, 1.165) is 12.0 Å². The predicted molar refractivity (Wildman–Crippen MR) is 52.3 cm³/mol. The highest BCUT2D eigenvalue weighted by Crippen LogP contribution is 2.13. The summed E-state index contributed by atoms with van der Waals surface area (Å²) in [4.78, 5) is 0.158. The third-order valence-corrected chi connectivity index (χ3v) is 1.74. The summed E-state index contributed by atoms with van der Waals surface area (Å²) < 4.78 is 0. The molecule has 60 valence electrons.